The van der Waals surface area contributed by atoms with Crippen LogP contribution in [0.5, 0.6) is 0 Å². The number of esters is 1. The highest BCUT2D eigenvalue weighted by Gasteiger charge is 2.24. The van der Waals surface area contributed by atoms with Crippen molar-refractivity contribution in [2.75, 3.05) is 18.1 Å². The van der Waals surface area contributed by atoms with Crippen molar-refractivity contribution in [2.45, 2.75) is 12.8 Å². The lowest BCUT2D eigenvalue weighted by molar-refractivity contribution is -0.380. The molecule has 24 heavy (non-hydrogen) atoms. The van der Waals surface area contributed by atoms with Crippen LogP contribution in [0.2, 0.25) is 0 Å². The van der Waals surface area contributed by atoms with Gasteiger partial charge in [0.15, 0.2) is 6.61 Å². The fourth-order valence-corrected chi connectivity index (χ4v) is 3.30. The first-order valence-corrected chi connectivity index (χ1v) is 8.22. The average molecular weight is 346 g/mol. The van der Waals surface area contributed by atoms with E-state index in [4.69, 9.17) is 4.74 Å². The summed E-state index contributed by atoms with van der Waals surface area (Å²) in [5.74, 6) is -1.04. The van der Waals surface area contributed by atoms with E-state index in [1.807, 2.05) is 24.3 Å². The van der Waals surface area contributed by atoms with Gasteiger partial charge in [-0.1, -0.05) is 29.5 Å². The maximum absolute atomic E-state index is 12.4. The van der Waals surface area contributed by atoms with Crippen LogP contribution in [0.3, 0.4) is 0 Å². The van der Waals surface area contributed by atoms with E-state index in [1.54, 1.807) is 4.90 Å². The lowest BCUT2D eigenvalue weighted by atomic mass is 10.0. The van der Waals surface area contributed by atoms with E-state index in [9.17, 15) is 19.7 Å². The maximum atomic E-state index is 12.4. The summed E-state index contributed by atoms with van der Waals surface area (Å²) >= 11 is 0.844. The van der Waals surface area contributed by atoms with Crippen molar-refractivity contribution in [1.82, 2.24) is 0 Å². The fourth-order valence-electron chi connectivity index (χ4n) is 2.61. The lowest BCUT2D eigenvalue weighted by Gasteiger charge is -2.29. The molecule has 0 aliphatic carbocycles. The molecule has 0 fully saturated rings. The molecule has 1 aliphatic rings. The number of nitrogens with zero attached hydrogens (tertiary/aromatic N) is 2. The zero-order chi connectivity index (χ0) is 17.1. The van der Waals surface area contributed by atoms with Gasteiger partial charge in [-0.25, -0.2) is 4.79 Å². The summed E-state index contributed by atoms with van der Waals surface area (Å²) in [5, 5.41) is 11.8. The average Bonchev–Trinajstić information content (AvgIpc) is 3.09. The molecule has 7 nitrogen and oxygen atoms in total. The third-order valence-corrected chi connectivity index (χ3v) is 4.62. The van der Waals surface area contributed by atoms with Gasteiger partial charge < -0.3 is 9.64 Å². The summed E-state index contributed by atoms with van der Waals surface area (Å²) in [6.45, 7) is 0.189. The number of carbonyl (C=O) groups is 2. The number of amides is 1. The fraction of sp³-hybridized carbons (Fsp3) is 0.250. The number of nitro groups is 1. The molecular weight excluding hydrogens is 332 g/mol. The number of fused-ring (bicyclic) bond motifs is 1. The summed E-state index contributed by atoms with van der Waals surface area (Å²) in [5.41, 5.74) is 2.02. The Morgan fingerprint density at radius 1 is 1.33 bits per heavy atom. The predicted molar refractivity (Wildman–Crippen MR) is 88.4 cm³/mol. The van der Waals surface area contributed by atoms with Crippen LogP contribution >= 0.6 is 11.3 Å². The van der Waals surface area contributed by atoms with Crippen LogP contribution in [0.1, 0.15) is 22.3 Å². The van der Waals surface area contributed by atoms with Crippen LogP contribution in [-0.4, -0.2) is 30.0 Å². The van der Waals surface area contributed by atoms with Crippen LogP contribution in [0, 0.1) is 10.1 Å². The summed E-state index contributed by atoms with van der Waals surface area (Å²) in [4.78, 5) is 35.9. The first kappa shape index (κ1) is 16.1. The number of anilines is 1. The van der Waals surface area contributed by atoms with Gasteiger partial charge >= 0.3 is 11.0 Å². The van der Waals surface area contributed by atoms with Gasteiger partial charge in [0.05, 0.1) is 10.5 Å². The van der Waals surface area contributed by atoms with Crippen molar-refractivity contribution in [3.05, 3.63) is 57.0 Å². The Balaban J connectivity index is 1.63. The van der Waals surface area contributed by atoms with E-state index in [2.05, 4.69) is 0 Å². The molecule has 2 heterocycles. The molecule has 0 N–H and O–H groups in total. The van der Waals surface area contributed by atoms with Gasteiger partial charge in [0.25, 0.3) is 5.91 Å². The van der Waals surface area contributed by atoms with Gasteiger partial charge in [-0.15, -0.1) is 0 Å². The molecule has 0 saturated heterocycles. The molecule has 1 amide bonds. The molecule has 1 aromatic carbocycles. The molecule has 0 atom stereocenters. The molecule has 1 aliphatic heterocycles. The Hall–Kier alpha value is -2.74. The van der Waals surface area contributed by atoms with Crippen LogP contribution in [0.15, 0.2) is 35.7 Å². The zero-order valence-electron chi connectivity index (χ0n) is 12.6. The minimum atomic E-state index is -0.738. The van der Waals surface area contributed by atoms with Gasteiger partial charge in [-0.05, 0) is 24.5 Å². The zero-order valence-corrected chi connectivity index (χ0v) is 13.5. The lowest BCUT2D eigenvalue weighted by Crippen LogP contribution is -2.38. The number of para-hydroxylation sites is 1. The SMILES string of the molecule is O=C(OCC(=O)N1CCCc2ccccc21)c1csc([N+](=O)[O-])c1. The molecule has 0 unspecified atom stereocenters. The minimum absolute atomic E-state index is 0.0820. The van der Waals surface area contributed by atoms with Gasteiger partial charge in [0.2, 0.25) is 0 Å². The molecule has 0 spiro atoms. The predicted octanol–water partition coefficient (Wildman–Crippen LogP) is 2.79. The van der Waals surface area contributed by atoms with Crippen LogP contribution in [0.4, 0.5) is 10.7 Å². The molecule has 0 saturated carbocycles. The topological polar surface area (TPSA) is 89.8 Å². The van der Waals surface area contributed by atoms with Crippen molar-refractivity contribution in [1.29, 1.82) is 0 Å². The largest absolute Gasteiger partial charge is 0.452 e. The number of hydrogen-bond acceptors (Lipinski definition) is 6. The second-order valence-corrected chi connectivity index (χ2v) is 6.17. The summed E-state index contributed by atoms with van der Waals surface area (Å²) in [7, 11) is 0. The number of aryl methyl sites for hydroxylation is 1. The number of thiophene rings is 1. The van der Waals surface area contributed by atoms with Gasteiger partial charge in [0.1, 0.15) is 0 Å². The van der Waals surface area contributed by atoms with E-state index in [1.165, 1.54) is 5.38 Å². The molecule has 124 valence electrons. The normalized spacial score (nSPS) is 13.2. The molecule has 3 rings (SSSR count). The van der Waals surface area contributed by atoms with Crippen molar-refractivity contribution >= 4 is 33.9 Å². The Labute approximate surface area is 141 Å². The third-order valence-electron chi connectivity index (χ3n) is 3.74. The van der Waals surface area contributed by atoms with Crippen molar-refractivity contribution in [2.24, 2.45) is 0 Å². The van der Waals surface area contributed by atoms with E-state index in [0.717, 1.165) is 41.5 Å². The standard InChI is InChI=1S/C16H14N2O5S/c19-14(17-7-3-5-11-4-1-2-6-13(11)17)9-23-16(20)12-8-15(18(21)22)24-10-12/h1-2,4,6,8,10H,3,5,7,9H2. The summed E-state index contributed by atoms with van der Waals surface area (Å²) in [6, 6.07) is 8.78. The van der Waals surface area contributed by atoms with Crippen molar-refractivity contribution in [3.8, 4) is 0 Å². The maximum Gasteiger partial charge on any atom is 0.339 e. The van der Waals surface area contributed by atoms with Gasteiger partial charge in [-0.2, -0.15) is 0 Å². The van der Waals surface area contributed by atoms with Crippen LogP contribution in [0.25, 0.3) is 0 Å². The van der Waals surface area contributed by atoms with Crippen molar-refractivity contribution in [3.63, 3.8) is 0 Å². The Kier molecular flexibility index (Phi) is 4.57. The summed E-state index contributed by atoms with van der Waals surface area (Å²) in [6.07, 6.45) is 1.77. The van der Waals surface area contributed by atoms with Gasteiger partial charge in [-0.3, -0.25) is 14.9 Å². The number of benzene rings is 1. The van der Waals surface area contributed by atoms with E-state index in [0.29, 0.717) is 6.54 Å². The van der Waals surface area contributed by atoms with Crippen LogP contribution in [-0.2, 0) is 16.0 Å². The molecule has 0 bridgehead atoms. The molecule has 2 aromatic rings. The quantitative estimate of drug-likeness (QED) is 0.482. The Morgan fingerprint density at radius 3 is 2.88 bits per heavy atom. The third kappa shape index (κ3) is 3.28. The number of rotatable bonds is 4. The number of ether oxygens (including phenoxy) is 1. The van der Waals surface area contributed by atoms with E-state index in [-0.39, 0.29) is 16.5 Å². The monoisotopic (exact) mass is 346 g/mol. The van der Waals surface area contributed by atoms with Crippen molar-refractivity contribution < 1.29 is 19.2 Å². The van der Waals surface area contributed by atoms with Crippen LogP contribution < -0.4 is 4.90 Å². The highest BCUT2D eigenvalue weighted by Crippen LogP contribution is 2.27. The van der Waals surface area contributed by atoms with Gasteiger partial charge in [0, 0.05) is 23.7 Å². The second kappa shape index (κ2) is 6.79. The van der Waals surface area contributed by atoms with E-state index >= 15 is 0 Å². The number of hydrogen-bond donors (Lipinski definition) is 0. The molecule has 1 aromatic heterocycles. The Morgan fingerprint density at radius 2 is 2.12 bits per heavy atom. The number of carbonyl (C=O) groups excluding carboxylic acids is 2. The first-order valence-electron chi connectivity index (χ1n) is 7.34. The minimum Gasteiger partial charge on any atom is -0.452 e. The highest BCUT2D eigenvalue weighted by atomic mass is 32.1. The second-order valence-electron chi connectivity index (χ2n) is 5.28. The Bertz CT molecular complexity index is 801. The van der Waals surface area contributed by atoms with E-state index < -0.39 is 17.5 Å². The summed E-state index contributed by atoms with van der Waals surface area (Å²) < 4.78 is 5.01. The molecule has 8 heteroatoms. The first-order chi connectivity index (χ1) is 11.6. The highest BCUT2D eigenvalue weighted by molar-refractivity contribution is 7.13. The molecular formula is C16H14N2O5S. The smallest absolute Gasteiger partial charge is 0.339 e. The molecule has 0 radical (unpaired) electrons.